The highest BCUT2D eigenvalue weighted by Crippen LogP contribution is 2.78. The summed E-state index contributed by atoms with van der Waals surface area (Å²) in [5, 5.41) is 0. The van der Waals surface area contributed by atoms with Gasteiger partial charge >= 0.3 is 0 Å². The Morgan fingerprint density at radius 1 is 0.932 bits per heavy atom. The van der Waals surface area contributed by atoms with Crippen molar-refractivity contribution in [1.29, 1.82) is 0 Å². The predicted octanol–water partition coefficient (Wildman–Crippen LogP) is 13.0. The second-order valence-electron chi connectivity index (χ2n) is 17.7. The molecule has 0 aliphatic heterocycles. The summed E-state index contributed by atoms with van der Waals surface area (Å²) in [5.41, 5.74) is 7.02. The van der Waals surface area contributed by atoms with Crippen molar-refractivity contribution in [2.75, 3.05) is 0 Å². The average molecular weight is 600 g/mol. The molecule has 44 heavy (non-hydrogen) atoms. The van der Waals surface area contributed by atoms with Gasteiger partial charge in [-0.05, 0) is 141 Å². The quantitative estimate of drug-likeness (QED) is 0.249. The molecular formula is C43H69N. The van der Waals surface area contributed by atoms with E-state index in [1.165, 1.54) is 120 Å². The highest BCUT2D eigenvalue weighted by atomic mass is 14.7. The Kier molecular flexibility index (Phi) is 10.1. The molecule has 246 valence electrons. The molecule has 11 atom stereocenters. The smallest absolute Gasteiger partial charge is 0.0103 e. The number of hydrogen-bond acceptors (Lipinski definition) is 1. The normalized spacial score (nSPS) is 44.1. The molecule has 0 saturated heterocycles. The molecule has 6 aliphatic carbocycles. The van der Waals surface area contributed by atoms with Crippen LogP contribution < -0.4 is 6.15 Å². The van der Waals surface area contributed by atoms with E-state index in [-0.39, 0.29) is 11.6 Å². The van der Waals surface area contributed by atoms with Crippen LogP contribution in [0.1, 0.15) is 144 Å². The maximum Gasteiger partial charge on any atom is 0.0103 e. The van der Waals surface area contributed by atoms with Crippen LogP contribution in [-0.2, 0) is 0 Å². The third kappa shape index (κ3) is 5.62. The second-order valence-corrected chi connectivity index (χ2v) is 17.7. The van der Waals surface area contributed by atoms with Crippen LogP contribution in [0.3, 0.4) is 0 Å². The molecule has 0 amide bonds. The van der Waals surface area contributed by atoms with Gasteiger partial charge in [-0.3, -0.25) is 0 Å². The monoisotopic (exact) mass is 600 g/mol. The minimum Gasteiger partial charge on any atom is -0.344 e. The molecule has 0 aromatic heterocycles. The lowest BCUT2D eigenvalue weighted by molar-refractivity contribution is -0.0916. The summed E-state index contributed by atoms with van der Waals surface area (Å²) in [7, 11) is 0. The Morgan fingerprint density at radius 3 is 2.41 bits per heavy atom. The zero-order valence-electron chi connectivity index (χ0n) is 29.7. The summed E-state index contributed by atoms with van der Waals surface area (Å²) >= 11 is 0. The van der Waals surface area contributed by atoms with Crippen LogP contribution in [0.5, 0.6) is 0 Å². The topological polar surface area (TPSA) is 35.0 Å². The highest BCUT2D eigenvalue weighted by molar-refractivity contribution is 5.44. The molecule has 5 fully saturated rings. The van der Waals surface area contributed by atoms with Crippen molar-refractivity contribution in [3.8, 4) is 0 Å². The van der Waals surface area contributed by atoms with Crippen molar-refractivity contribution in [3.63, 3.8) is 0 Å². The van der Waals surface area contributed by atoms with Crippen molar-refractivity contribution < 1.29 is 0 Å². The van der Waals surface area contributed by atoms with Crippen molar-refractivity contribution in [2.24, 2.45) is 63.6 Å². The van der Waals surface area contributed by atoms with Crippen molar-refractivity contribution in [1.82, 2.24) is 6.15 Å². The molecule has 11 unspecified atom stereocenters. The van der Waals surface area contributed by atoms with E-state index < -0.39 is 0 Å². The first-order valence-electron chi connectivity index (χ1n) is 18.9. The molecular weight excluding hydrogens is 530 g/mol. The lowest BCUT2D eigenvalue weighted by Crippen LogP contribution is -2.55. The number of fused-ring (bicyclic) bond motifs is 7. The van der Waals surface area contributed by atoms with Crippen LogP contribution in [0.25, 0.3) is 0 Å². The van der Waals surface area contributed by atoms with Crippen LogP contribution in [0, 0.1) is 63.6 Å². The van der Waals surface area contributed by atoms with Gasteiger partial charge in [0, 0.05) is 5.41 Å². The third-order valence-electron chi connectivity index (χ3n) is 15.1. The first-order valence-corrected chi connectivity index (χ1v) is 18.9. The molecule has 0 radical (unpaired) electrons. The fraction of sp³-hybridized carbons (Fsp3) is 0.767. The first-order chi connectivity index (χ1) is 20.5. The predicted molar refractivity (Wildman–Crippen MR) is 192 cm³/mol. The summed E-state index contributed by atoms with van der Waals surface area (Å²) in [6.07, 6.45) is 31.3. The van der Waals surface area contributed by atoms with Gasteiger partial charge < -0.3 is 6.15 Å². The zero-order chi connectivity index (χ0) is 30.6. The largest absolute Gasteiger partial charge is 0.344 e. The number of hydrogen-bond donors (Lipinski definition) is 1. The molecule has 5 saturated carbocycles. The fourth-order valence-electron chi connectivity index (χ4n) is 13.6. The molecule has 1 nitrogen and oxygen atoms in total. The second kappa shape index (κ2) is 13.0. The molecule has 0 bridgehead atoms. The van der Waals surface area contributed by atoms with Crippen LogP contribution >= 0.6 is 0 Å². The van der Waals surface area contributed by atoms with Crippen molar-refractivity contribution in [3.05, 3.63) is 60.3 Å². The Bertz CT molecular complexity index is 1150. The molecule has 6 rings (SSSR count). The highest BCUT2D eigenvalue weighted by Gasteiger charge is 2.70. The van der Waals surface area contributed by atoms with Crippen LogP contribution in [0.15, 0.2) is 60.3 Å². The summed E-state index contributed by atoms with van der Waals surface area (Å²) in [6, 6.07) is 0. The summed E-state index contributed by atoms with van der Waals surface area (Å²) in [6.45, 7) is 26.3. The lowest BCUT2D eigenvalue weighted by Gasteiger charge is -2.62. The summed E-state index contributed by atoms with van der Waals surface area (Å²) < 4.78 is 0. The fourth-order valence-corrected chi connectivity index (χ4v) is 13.6. The molecule has 1 heteroatoms. The van der Waals surface area contributed by atoms with Crippen LogP contribution in [0.2, 0.25) is 0 Å². The van der Waals surface area contributed by atoms with Gasteiger partial charge in [-0.15, -0.1) is 6.58 Å². The maximum atomic E-state index is 5.15. The molecule has 6 aliphatic rings. The van der Waals surface area contributed by atoms with E-state index in [1.54, 1.807) is 11.1 Å². The Labute approximate surface area is 273 Å². The summed E-state index contributed by atoms with van der Waals surface area (Å²) in [5.74, 6) is 6.99. The van der Waals surface area contributed by atoms with E-state index in [1.807, 2.05) is 0 Å². The van der Waals surface area contributed by atoms with Crippen molar-refractivity contribution >= 4 is 0 Å². The average Bonchev–Trinajstić information content (AvgIpc) is 3.44. The number of allylic oxidation sites excluding steroid dienone is 7. The maximum absolute atomic E-state index is 5.15. The standard InChI is InChI=1S/C43H66.H3N/c1-9-12-35-25-37-26-39-38-20-19-36-23-30(4)21-22-41(36,7)40(38)31(5)27-42(39,8)43(37,28-35)32(6)17-18-34-16-11-15-33(24-34)14-10-13-29(2)3;/h21-23,31,33-35,37-40H,2,4,6,9-20,24-28H2,1,3,5,7-8H3;1H3. The molecule has 0 aromatic carbocycles. The van der Waals surface area contributed by atoms with E-state index >= 15 is 0 Å². The molecule has 0 aromatic rings. The minimum atomic E-state index is 0. The SMILES string of the molecule is C=C1C=CC2(C)C(=C1)CCC1C2C(C)CC2(C)C1CC1CC(CCC)CC12C(=C)CCC1CCCC(CCCC(=C)C)C1.N. The lowest BCUT2D eigenvalue weighted by atomic mass is 9.42. The van der Waals surface area contributed by atoms with Gasteiger partial charge in [0.2, 0.25) is 0 Å². The van der Waals surface area contributed by atoms with E-state index in [2.05, 4.69) is 66.0 Å². The van der Waals surface area contributed by atoms with Gasteiger partial charge in [0.05, 0.1) is 0 Å². The zero-order valence-corrected chi connectivity index (χ0v) is 29.7. The van der Waals surface area contributed by atoms with Gasteiger partial charge in [0.1, 0.15) is 0 Å². The Morgan fingerprint density at radius 2 is 1.68 bits per heavy atom. The van der Waals surface area contributed by atoms with E-state index in [4.69, 9.17) is 6.58 Å². The van der Waals surface area contributed by atoms with Gasteiger partial charge in [0.25, 0.3) is 0 Å². The van der Waals surface area contributed by atoms with Crippen LogP contribution in [0.4, 0.5) is 0 Å². The van der Waals surface area contributed by atoms with Gasteiger partial charge in [-0.25, -0.2) is 0 Å². The Balaban J connectivity index is 0.00000384. The van der Waals surface area contributed by atoms with Gasteiger partial charge in [-0.1, -0.05) is 114 Å². The van der Waals surface area contributed by atoms with Gasteiger partial charge in [-0.2, -0.15) is 0 Å². The molecule has 0 heterocycles. The molecule has 3 N–H and O–H groups in total. The first kappa shape index (κ1) is 34.0. The third-order valence-corrected chi connectivity index (χ3v) is 15.1. The summed E-state index contributed by atoms with van der Waals surface area (Å²) in [4.78, 5) is 0. The van der Waals surface area contributed by atoms with Crippen molar-refractivity contribution in [2.45, 2.75) is 144 Å². The van der Waals surface area contributed by atoms with E-state index in [0.717, 1.165) is 47.3 Å². The van der Waals surface area contributed by atoms with E-state index in [0.29, 0.717) is 10.8 Å². The molecule has 0 spiro atoms. The Hall–Kier alpha value is -1.34. The minimum absolute atomic E-state index is 0. The van der Waals surface area contributed by atoms with Gasteiger partial charge in [0.15, 0.2) is 0 Å². The van der Waals surface area contributed by atoms with E-state index in [9.17, 15) is 0 Å². The van der Waals surface area contributed by atoms with Crippen LogP contribution in [-0.4, -0.2) is 0 Å². The number of rotatable bonds is 10.